The maximum Gasteiger partial charge on any atom is 0.339 e. The van der Waals surface area contributed by atoms with E-state index in [2.05, 4.69) is 0 Å². The standard InChI is InChI=1S/C24H30O9/c1-21(15(26)9-16(27)30-4)10-13(25)17(28)23(3)14(21)5-7-22(2)18(12-6-8-31-11-12)32-20(29)19-24(22,23)33-19/h6,8,11,14-15,17-19,26,28H,5,7,9-10H2,1-4H3. The Kier molecular flexibility index (Phi) is 4.71. The lowest BCUT2D eigenvalue weighted by atomic mass is 9.39. The highest BCUT2D eigenvalue weighted by Gasteiger charge is 2.88. The molecule has 0 aromatic carbocycles. The molecule has 9 unspecified atom stereocenters. The summed E-state index contributed by atoms with van der Waals surface area (Å²) in [6.45, 7) is 5.52. The predicted octanol–water partition coefficient (Wildman–Crippen LogP) is 1.70. The van der Waals surface area contributed by atoms with E-state index in [1.54, 1.807) is 19.9 Å². The van der Waals surface area contributed by atoms with Crippen molar-refractivity contribution < 1.29 is 43.2 Å². The molecule has 1 spiro atoms. The van der Waals surface area contributed by atoms with Gasteiger partial charge in [0.05, 0.1) is 32.2 Å². The zero-order valence-electron chi connectivity index (χ0n) is 19.2. The number of hydrogen-bond donors (Lipinski definition) is 2. The van der Waals surface area contributed by atoms with E-state index in [-0.39, 0.29) is 12.8 Å². The Morgan fingerprint density at radius 3 is 2.64 bits per heavy atom. The maximum absolute atomic E-state index is 13.2. The fourth-order valence-corrected chi connectivity index (χ4v) is 7.67. The average molecular weight is 462 g/mol. The van der Waals surface area contributed by atoms with E-state index in [0.717, 1.165) is 0 Å². The monoisotopic (exact) mass is 462 g/mol. The van der Waals surface area contributed by atoms with Gasteiger partial charge in [0, 0.05) is 28.2 Å². The van der Waals surface area contributed by atoms with Crippen molar-refractivity contribution in [2.75, 3.05) is 7.11 Å². The van der Waals surface area contributed by atoms with E-state index in [1.807, 2.05) is 6.92 Å². The van der Waals surface area contributed by atoms with Crippen LogP contribution in [0, 0.1) is 22.2 Å². The molecule has 2 aliphatic carbocycles. The number of ketones is 1. The molecule has 3 heterocycles. The first-order valence-electron chi connectivity index (χ1n) is 11.3. The average Bonchev–Trinajstić information content (AvgIpc) is 3.34. The van der Waals surface area contributed by atoms with Gasteiger partial charge < -0.3 is 28.8 Å². The van der Waals surface area contributed by atoms with Gasteiger partial charge in [0.25, 0.3) is 0 Å². The minimum absolute atomic E-state index is 0.0837. The van der Waals surface area contributed by atoms with Crippen molar-refractivity contribution in [2.45, 2.75) is 76.5 Å². The summed E-state index contributed by atoms with van der Waals surface area (Å²) < 4.78 is 22.0. The molecule has 4 fully saturated rings. The number of Topliss-reactive ketones (excluding diaryl/α,β-unsaturated/α-hetero) is 1. The summed E-state index contributed by atoms with van der Waals surface area (Å²) in [5.41, 5.74) is -3.42. The van der Waals surface area contributed by atoms with E-state index in [0.29, 0.717) is 18.4 Å². The van der Waals surface area contributed by atoms with Crippen LogP contribution in [0.4, 0.5) is 0 Å². The van der Waals surface area contributed by atoms with Gasteiger partial charge in [-0.3, -0.25) is 9.59 Å². The highest BCUT2D eigenvalue weighted by Crippen LogP contribution is 2.77. The molecule has 180 valence electrons. The number of ether oxygens (including phenoxy) is 3. The minimum atomic E-state index is -1.39. The molecule has 2 saturated heterocycles. The van der Waals surface area contributed by atoms with E-state index in [4.69, 9.17) is 18.6 Å². The molecule has 2 aliphatic heterocycles. The third-order valence-electron chi connectivity index (χ3n) is 9.39. The van der Waals surface area contributed by atoms with Gasteiger partial charge in [-0.1, -0.05) is 20.8 Å². The van der Waals surface area contributed by atoms with E-state index < -0.39 is 69.9 Å². The number of esters is 2. The summed E-state index contributed by atoms with van der Waals surface area (Å²) in [6, 6.07) is 1.74. The fraction of sp³-hybridized carbons (Fsp3) is 0.708. The minimum Gasteiger partial charge on any atom is -0.472 e. The molecule has 1 aromatic rings. The third-order valence-corrected chi connectivity index (χ3v) is 9.39. The molecule has 0 bridgehead atoms. The molecular formula is C24H30O9. The number of furan rings is 1. The number of epoxide rings is 1. The van der Waals surface area contributed by atoms with Crippen LogP contribution in [0.2, 0.25) is 0 Å². The number of methoxy groups -OCH3 is 1. The number of cyclic esters (lactones) is 1. The van der Waals surface area contributed by atoms with Crippen LogP contribution in [0.25, 0.3) is 0 Å². The van der Waals surface area contributed by atoms with Gasteiger partial charge in [0.15, 0.2) is 11.9 Å². The van der Waals surface area contributed by atoms with E-state index >= 15 is 0 Å². The molecule has 9 nitrogen and oxygen atoms in total. The molecule has 0 amide bonds. The number of carbonyl (C=O) groups is 3. The molecule has 2 N–H and O–H groups in total. The van der Waals surface area contributed by atoms with Gasteiger partial charge in [0.1, 0.15) is 17.8 Å². The normalized spacial score (nSPS) is 47.0. The lowest BCUT2D eigenvalue weighted by molar-refractivity contribution is -0.239. The van der Waals surface area contributed by atoms with E-state index in [9.17, 15) is 24.6 Å². The summed E-state index contributed by atoms with van der Waals surface area (Å²) in [4.78, 5) is 38.1. The van der Waals surface area contributed by atoms with Gasteiger partial charge in [-0.15, -0.1) is 0 Å². The number of rotatable bonds is 4. The Bertz CT molecular complexity index is 1000. The quantitative estimate of drug-likeness (QED) is 0.506. The lowest BCUT2D eigenvalue weighted by Gasteiger charge is -2.65. The Balaban J connectivity index is 1.63. The van der Waals surface area contributed by atoms with Crippen molar-refractivity contribution in [1.29, 1.82) is 0 Å². The highest BCUT2D eigenvalue weighted by atomic mass is 16.7. The molecule has 9 heteroatoms. The topological polar surface area (TPSA) is 136 Å². The first-order valence-corrected chi connectivity index (χ1v) is 11.3. The van der Waals surface area contributed by atoms with Gasteiger partial charge in [0.2, 0.25) is 0 Å². The molecular weight excluding hydrogens is 432 g/mol. The molecule has 9 atom stereocenters. The number of aliphatic hydroxyl groups excluding tert-OH is 2. The highest BCUT2D eigenvalue weighted by molar-refractivity contribution is 5.88. The fourth-order valence-electron chi connectivity index (χ4n) is 7.67. The summed E-state index contributed by atoms with van der Waals surface area (Å²) >= 11 is 0. The van der Waals surface area contributed by atoms with Crippen LogP contribution in [0.5, 0.6) is 0 Å². The van der Waals surface area contributed by atoms with Crippen molar-refractivity contribution >= 4 is 17.7 Å². The number of carbonyl (C=O) groups excluding carboxylic acids is 3. The lowest BCUT2D eigenvalue weighted by Crippen LogP contribution is -2.72. The van der Waals surface area contributed by atoms with Crippen molar-refractivity contribution in [3.05, 3.63) is 24.2 Å². The molecule has 33 heavy (non-hydrogen) atoms. The summed E-state index contributed by atoms with van der Waals surface area (Å²) in [5, 5.41) is 22.5. The zero-order valence-corrected chi connectivity index (χ0v) is 19.2. The van der Waals surface area contributed by atoms with Gasteiger partial charge in [-0.2, -0.15) is 0 Å². The summed E-state index contributed by atoms with van der Waals surface area (Å²) in [7, 11) is 1.24. The second-order valence-corrected chi connectivity index (χ2v) is 10.7. The predicted molar refractivity (Wildman–Crippen MR) is 110 cm³/mol. The van der Waals surface area contributed by atoms with Crippen LogP contribution < -0.4 is 0 Å². The van der Waals surface area contributed by atoms with Crippen molar-refractivity contribution in [2.24, 2.45) is 22.2 Å². The molecule has 0 radical (unpaired) electrons. The van der Waals surface area contributed by atoms with Crippen LogP contribution in [0.1, 0.15) is 58.1 Å². The summed E-state index contributed by atoms with van der Waals surface area (Å²) in [6.07, 6.45) is -0.352. The van der Waals surface area contributed by atoms with Gasteiger partial charge >= 0.3 is 11.9 Å². The zero-order chi connectivity index (χ0) is 24.0. The van der Waals surface area contributed by atoms with Gasteiger partial charge in [-0.25, -0.2) is 4.79 Å². The van der Waals surface area contributed by atoms with Crippen LogP contribution >= 0.6 is 0 Å². The van der Waals surface area contributed by atoms with Crippen molar-refractivity contribution in [3.8, 4) is 0 Å². The second kappa shape index (κ2) is 6.90. The number of fused-ring (bicyclic) bond motifs is 1. The number of hydrogen-bond acceptors (Lipinski definition) is 9. The van der Waals surface area contributed by atoms with Gasteiger partial charge in [-0.05, 0) is 24.8 Å². The maximum atomic E-state index is 13.2. The van der Waals surface area contributed by atoms with Crippen molar-refractivity contribution in [3.63, 3.8) is 0 Å². The summed E-state index contributed by atoms with van der Waals surface area (Å²) in [5.74, 6) is -1.95. The Morgan fingerprint density at radius 2 is 2.00 bits per heavy atom. The Morgan fingerprint density at radius 1 is 1.27 bits per heavy atom. The smallest absolute Gasteiger partial charge is 0.339 e. The first kappa shape index (κ1) is 22.6. The van der Waals surface area contributed by atoms with Crippen molar-refractivity contribution in [1.82, 2.24) is 0 Å². The first-order chi connectivity index (χ1) is 15.5. The third kappa shape index (κ3) is 2.56. The largest absolute Gasteiger partial charge is 0.472 e. The molecule has 1 aromatic heterocycles. The van der Waals surface area contributed by atoms with Crippen LogP contribution in [-0.2, 0) is 28.6 Å². The Hall–Kier alpha value is -2.23. The molecule has 4 aliphatic rings. The van der Waals surface area contributed by atoms with Crippen LogP contribution in [0.15, 0.2) is 23.0 Å². The molecule has 2 saturated carbocycles. The van der Waals surface area contributed by atoms with Crippen LogP contribution in [0.3, 0.4) is 0 Å². The molecule has 5 rings (SSSR count). The van der Waals surface area contributed by atoms with E-state index in [1.165, 1.54) is 19.6 Å². The Labute approximate surface area is 191 Å². The van der Waals surface area contributed by atoms with Crippen LogP contribution in [-0.4, -0.2) is 59.0 Å². The number of aliphatic hydroxyl groups is 2. The SMILES string of the molecule is COC(=O)CC(O)C1(C)CC(=O)C(O)C2(C)C1CCC1(C)C(c3ccoc3)OC(=O)C3OC312. The second-order valence-electron chi connectivity index (χ2n) is 10.7.